The molecule has 146 valence electrons. The molecule has 7 nitrogen and oxygen atoms in total. The Balaban J connectivity index is 1.48. The summed E-state index contributed by atoms with van der Waals surface area (Å²) in [7, 11) is -1.72. The summed E-state index contributed by atoms with van der Waals surface area (Å²) < 4.78 is 46.3. The average molecular weight is 402 g/mol. The van der Waals surface area contributed by atoms with Crippen LogP contribution in [0, 0.1) is 5.82 Å². The molecule has 1 aliphatic heterocycles. The van der Waals surface area contributed by atoms with Crippen LogP contribution < -0.4 is 4.72 Å². The molecule has 0 spiro atoms. The first-order valence-corrected chi connectivity index (χ1v) is 10.3. The molecule has 2 heterocycles. The Morgan fingerprint density at radius 1 is 1.14 bits per heavy atom. The number of nitrogens with one attached hydrogen (secondary N) is 1. The summed E-state index contributed by atoms with van der Waals surface area (Å²) >= 11 is 0. The van der Waals surface area contributed by atoms with Crippen molar-refractivity contribution in [3.05, 3.63) is 66.3 Å². The zero-order chi connectivity index (χ0) is 19.7. The van der Waals surface area contributed by atoms with E-state index in [1.807, 2.05) is 11.9 Å². The zero-order valence-electron chi connectivity index (χ0n) is 15.1. The molecule has 0 unspecified atom stereocenters. The van der Waals surface area contributed by atoms with E-state index in [4.69, 9.17) is 4.52 Å². The van der Waals surface area contributed by atoms with Gasteiger partial charge in [0.05, 0.1) is 10.9 Å². The minimum Gasteiger partial charge on any atom is -0.337 e. The summed E-state index contributed by atoms with van der Waals surface area (Å²) in [4.78, 5) is 6.62. The van der Waals surface area contributed by atoms with Crippen LogP contribution in [0.25, 0.3) is 11.4 Å². The number of hydrogen-bond acceptors (Lipinski definition) is 6. The van der Waals surface area contributed by atoms with Crippen molar-refractivity contribution in [3.63, 3.8) is 0 Å². The van der Waals surface area contributed by atoms with Crippen molar-refractivity contribution >= 4 is 10.0 Å². The molecule has 0 radical (unpaired) electrons. The van der Waals surface area contributed by atoms with Crippen LogP contribution in [-0.2, 0) is 10.0 Å². The molecule has 0 saturated carbocycles. The van der Waals surface area contributed by atoms with Crippen LogP contribution in [0.1, 0.15) is 18.4 Å². The van der Waals surface area contributed by atoms with E-state index < -0.39 is 10.0 Å². The fourth-order valence-electron chi connectivity index (χ4n) is 3.35. The number of halogens is 1. The van der Waals surface area contributed by atoms with Crippen molar-refractivity contribution < 1.29 is 17.3 Å². The lowest BCUT2D eigenvalue weighted by Gasteiger charge is -2.14. The number of sulfonamides is 1. The van der Waals surface area contributed by atoms with Crippen molar-refractivity contribution in [1.29, 1.82) is 0 Å². The predicted octanol–water partition coefficient (Wildman–Crippen LogP) is 2.60. The molecular weight excluding hydrogens is 383 g/mol. The van der Waals surface area contributed by atoms with Crippen molar-refractivity contribution in [2.45, 2.75) is 23.4 Å². The highest BCUT2D eigenvalue weighted by atomic mass is 32.2. The van der Waals surface area contributed by atoms with Crippen molar-refractivity contribution in [2.75, 3.05) is 13.6 Å². The Labute approximate surface area is 162 Å². The van der Waals surface area contributed by atoms with Gasteiger partial charge in [-0.25, -0.2) is 17.5 Å². The monoisotopic (exact) mass is 402 g/mol. The summed E-state index contributed by atoms with van der Waals surface area (Å²) in [6.07, 6.45) is 0.508. The van der Waals surface area contributed by atoms with E-state index >= 15 is 0 Å². The van der Waals surface area contributed by atoms with Crippen LogP contribution in [0.15, 0.2) is 64.0 Å². The van der Waals surface area contributed by atoms with Crippen LogP contribution in [0.3, 0.4) is 0 Å². The molecule has 2 aromatic carbocycles. The van der Waals surface area contributed by atoms with Gasteiger partial charge < -0.3 is 4.52 Å². The minimum absolute atomic E-state index is 0.204. The minimum atomic E-state index is -3.59. The largest absolute Gasteiger partial charge is 0.337 e. The maximum Gasteiger partial charge on any atom is 0.244 e. The predicted molar refractivity (Wildman–Crippen MR) is 100 cm³/mol. The third-order valence-corrected chi connectivity index (χ3v) is 6.29. The van der Waals surface area contributed by atoms with Gasteiger partial charge >= 0.3 is 0 Å². The number of benzene rings is 2. The number of likely N-dealkylation sites (tertiary alicyclic amines) is 1. The fraction of sp³-hybridized carbons (Fsp3) is 0.263. The molecular formula is C19H19FN4O3S. The number of aromatic nitrogens is 2. The van der Waals surface area contributed by atoms with Gasteiger partial charge in [-0.15, -0.1) is 0 Å². The van der Waals surface area contributed by atoms with Gasteiger partial charge in [0.25, 0.3) is 0 Å². The highest BCUT2D eigenvalue weighted by Gasteiger charge is 2.36. The first-order valence-electron chi connectivity index (χ1n) is 8.79. The Kier molecular flexibility index (Phi) is 4.96. The number of likely N-dealkylation sites (N-methyl/N-ethyl adjacent to an activating group) is 1. The highest BCUT2D eigenvalue weighted by molar-refractivity contribution is 7.89. The lowest BCUT2D eigenvalue weighted by molar-refractivity contribution is 0.244. The van der Waals surface area contributed by atoms with Crippen molar-refractivity contribution in [1.82, 2.24) is 19.8 Å². The first kappa shape index (κ1) is 18.7. The summed E-state index contributed by atoms with van der Waals surface area (Å²) in [5.74, 6) is 0.441. The molecule has 1 aromatic heterocycles. The SMILES string of the molecule is CN1C[C@@H](NS(=O)(=O)c2ccccc2)C[C@H]1c1nc(-c2ccc(F)cc2)no1. The van der Waals surface area contributed by atoms with Crippen LogP contribution in [-0.4, -0.2) is 43.1 Å². The average Bonchev–Trinajstić information content (AvgIpc) is 3.29. The molecule has 1 N–H and O–H groups in total. The van der Waals surface area contributed by atoms with Gasteiger partial charge in [0, 0.05) is 18.2 Å². The molecule has 0 aliphatic carbocycles. The molecule has 28 heavy (non-hydrogen) atoms. The number of nitrogens with zero attached hydrogens (tertiary/aromatic N) is 3. The van der Waals surface area contributed by atoms with Crippen LogP contribution in [0.2, 0.25) is 0 Å². The van der Waals surface area contributed by atoms with Crippen LogP contribution in [0.5, 0.6) is 0 Å². The Morgan fingerprint density at radius 2 is 1.86 bits per heavy atom. The first-order chi connectivity index (χ1) is 13.4. The van der Waals surface area contributed by atoms with E-state index in [2.05, 4.69) is 14.9 Å². The maximum absolute atomic E-state index is 13.1. The Hall–Kier alpha value is -2.62. The second-order valence-electron chi connectivity index (χ2n) is 6.79. The normalized spacial score (nSPS) is 20.5. The van der Waals surface area contributed by atoms with E-state index in [-0.39, 0.29) is 22.8 Å². The van der Waals surface area contributed by atoms with Crippen molar-refractivity contribution in [3.8, 4) is 11.4 Å². The second-order valence-corrected chi connectivity index (χ2v) is 8.50. The molecule has 1 fully saturated rings. The smallest absolute Gasteiger partial charge is 0.244 e. The van der Waals surface area contributed by atoms with Gasteiger partial charge in [0.1, 0.15) is 5.82 Å². The maximum atomic E-state index is 13.1. The Morgan fingerprint density at radius 3 is 2.57 bits per heavy atom. The molecule has 1 saturated heterocycles. The van der Waals surface area contributed by atoms with Gasteiger partial charge in [-0.3, -0.25) is 4.90 Å². The lowest BCUT2D eigenvalue weighted by atomic mass is 10.2. The summed E-state index contributed by atoms with van der Waals surface area (Å²) in [5, 5.41) is 3.97. The summed E-state index contributed by atoms with van der Waals surface area (Å²) in [6, 6.07) is 13.6. The lowest BCUT2D eigenvalue weighted by Crippen LogP contribution is -2.36. The zero-order valence-corrected chi connectivity index (χ0v) is 15.9. The van der Waals surface area contributed by atoms with E-state index in [1.54, 1.807) is 42.5 Å². The van der Waals surface area contributed by atoms with Gasteiger partial charge in [-0.1, -0.05) is 23.4 Å². The fourth-order valence-corrected chi connectivity index (χ4v) is 4.61. The topological polar surface area (TPSA) is 88.3 Å². The molecule has 0 amide bonds. The number of rotatable bonds is 5. The second kappa shape index (κ2) is 7.42. The van der Waals surface area contributed by atoms with E-state index in [0.717, 1.165) is 0 Å². The van der Waals surface area contributed by atoms with Crippen LogP contribution >= 0.6 is 0 Å². The molecule has 2 atom stereocenters. The Bertz CT molecular complexity index is 1050. The third kappa shape index (κ3) is 3.82. The number of hydrogen-bond donors (Lipinski definition) is 1. The molecule has 1 aliphatic rings. The van der Waals surface area contributed by atoms with E-state index in [0.29, 0.717) is 30.2 Å². The highest BCUT2D eigenvalue weighted by Crippen LogP contribution is 2.31. The van der Waals surface area contributed by atoms with Crippen molar-refractivity contribution in [2.24, 2.45) is 0 Å². The van der Waals surface area contributed by atoms with E-state index in [1.165, 1.54) is 12.1 Å². The van der Waals surface area contributed by atoms with Gasteiger partial charge in [-0.2, -0.15) is 4.98 Å². The molecule has 3 aromatic rings. The molecule has 0 bridgehead atoms. The summed E-state index contributed by atoms with van der Waals surface area (Å²) in [6.45, 7) is 0.519. The van der Waals surface area contributed by atoms with Gasteiger partial charge in [0.2, 0.25) is 21.7 Å². The standard InChI is InChI=1S/C19H19FN4O3S/c1-24-12-15(23-28(25,26)16-5-3-2-4-6-16)11-17(24)19-21-18(22-27-19)13-7-9-14(20)10-8-13/h2-10,15,17,23H,11-12H2,1H3/t15-,17-/m0/s1. The third-order valence-electron chi connectivity index (χ3n) is 4.75. The quantitative estimate of drug-likeness (QED) is 0.706. The van der Waals surface area contributed by atoms with Gasteiger partial charge in [0.15, 0.2) is 0 Å². The molecule has 9 heteroatoms. The van der Waals surface area contributed by atoms with E-state index in [9.17, 15) is 12.8 Å². The molecule has 4 rings (SSSR count). The van der Waals surface area contributed by atoms with Gasteiger partial charge in [-0.05, 0) is 49.9 Å². The van der Waals surface area contributed by atoms with Crippen LogP contribution in [0.4, 0.5) is 4.39 Å². The summed E-state index contributed by atoms with van der Waals surface area (Å²) in [5.41, 5.74) is 0.651.